The minimum Gasteiger partial charge on any atom is -0.352 e. The van der Waals surface area contributed by atoms with Gasteiger partial charge in [-0.3, -0.25) is 9.79 Å². The molecule has 1 saturated heterocycles. The maximum absolute atomic E-state index is 11.2. The molecule has 0 bridgehead atoms. The number of aliphatic imine (C=N–C) groups is 1. The van der Waals surface area contributed by atoms with Crippen molar-refractivity contribution in [3.8, 4) is 0 Å². The van der Waals surface area contributed by atoms with E-state index in [2.05, 4.69) is 50.9 Å². The van der Waals surface area contributed by atoms with Crippen LogP contribution in [0.2, 0.25) is 0 Å². The summed E-state index contributed by atoms with van der Waals surface area (Å²) >= 11 is 0. The van der Waals surface area contributed by atoms with E-state index in [9.17, 15) is 4.79 Å². The van der Waals surface area contributed by atoms with E-state index in [0.717, 1.165) is 36.7 Å². The van der Waals surface area contributed by atoms with Crippen molar-refractivity contribution < 1.29 is 4.79 Å². The number of anilines is 1. The molecule has 0 aromatic heterocycles. The molecule has 6 heteroatoms. The number of hydrogen-bond acceptors (Lipinski definition) is 2. The van der Waals surface area contributed by atoms with Crippen LogP contribution in [-0.4, -0.2) is 36.9 Å². The highest BCUT2D eigenvalue weighted by Crippen LogP contribution is 2.21. The van der Waals surface area contributed by atoms with Crippen LogP contribution in [0, 0.1) is 5.92 Å². The zero-order valence-corrected chi connectivity index (χ0v) is 18.9. The molecule has 1 fully saturated rings. The van der Waals surface area contributed by atoms with E-state index < -0.39 is 0 Å². The van der Waals surface area contributed by atoms with Gasteiger partial charge in [-0.25, -0.2) is 0 Å². The Labute approximate surface area is 184 Å². The molecule has 1 unspecified atom stereocenters. The average Bonchev–Trinajstić information content (AvgIpc) is 3.11. The SMILES string of the molecule is CN=C(NCc1cccc(NC(C)=O)c1)N1CCC(Cc2ccccc2)C1.I. The van der Waals surface area contributed by atoms with Gasteiger partial charge in [-0.15, -0.1) is 24.0 Å². The lowest BCUT2D eigenvalue weighted by molar-refractivity contribution is -0.114. The summed E-state index contributed by atoms with van der Waals surface area (Å²) in [4.78, 5) is 18.0. The van der Waals surface area contributed by atoms with E-state index >= 15 is 0 Å². The van der Waals surface area contributed by atoms with Crippen molar-refractivity contribution >= 4 is 41.5 Å². The standard InChI is InChI=1S/C22H28N4O.HI/c1-17(27)25-21-10-6-9-19(14-21)15-24-22(23-2)26-12-11-20(16-26)13-18-7-4-3-5-8-18;/h3-10,14,20H,11-13,15-16H2,1-2H3,(H,23,24)(H,25,27);1H. The number of benzene rings is 2. The van der Waals surface area contributed by atoms with Gasteiger partial charge in [0.25, 0.3) is 0 Å². The Balaban J connectivity index is 0.00000280. The summed E-state index contributed by atoms with van der Waals surface area (Å²) in [7, 11) is 1.83. The first-order valence-corrected chi connectivity index (χ1v) is 9.50. The number of halogens is 1. The fourth-order valence-corrected chi connectivity index (χ4v) is 3.61. The van der Waals surface area contributed by atoms with Gasteiger partial charge in [0.1, 0.15) is 0 Å². The number of nitrogens with one attached hydrogen (secondary N) is 2. The second-order valence-corrected chi connectivity index (χ2v) is 7.07. The number of nitrogens with zero attached hydrogens (tertiary/aromatic N) is 2. The summed E-state index contributed by atoms with van der Waals surface area (Å²) in [6, 6.07) is 18.6. The Morgan fingerprint density at radius 2 is 1.89 bits per heavy atom. The fourth-order valence-electron chi connectivity index (χ4n) is 3.61. The van der Waals surface area contributed by atoms with Crippen molar-refractivity contribution in [2.24, 2.45) is 10.9 Å². The van der Waals surface area contributed by atoms with E-state index in [0.29, 0.717) is 12.5 Å². The van der Waals surface area contributed by atoms with Gasteiger partial charge in [0.15, 0.2) is 5.96 Å². The maximum atomic E-state index is 11.2. The van der Waals surface area contributed by atoms with Crippen LogP contribution in [0.3, 0.4) is 0 Å². The Morgan fingerprint density at radius 1 is 1.14 bits per heavy atom. The molecule has 0 aliphatic carbocycles. The Morgan fingerprint density at radius 3 is 2.61 bits per heavy atom. The molecule has 1 aliphatic rings. The topological polar surface area (TPSA) is 56.7 Å². The summed E-state index contributed by atoms with van der Waals surface area (Å²) in [5.41, 5.74) is 3.34. The first kappa shape index (κ1) is 22.2. The van der Waals surface area contributed by atoms with Crippen molar-refractivity contribution in [3.05, 3.63) is 65.7 Å². The first-order chi connectivity index (χ1) is 13.1. The van der Waals surface area contributed by atoms with Crippen LogP contribution >= 0.6 is 24.0 Å². The maximum Gasteiger partial charge on any atom is 0.221 e. The second kappa shape index (κ2) is 11.0. The molecule has 1 aliphatic heterocycles. The number of amides is 1. The molecular formula is C22H29IN4O. The van der Waals surface area contributed by atoms with Crippen molar-refractivity contribution in [1.29, 1.82) is 0 Å². The minimum absolute atomic E-state index is 0. The summed E-state index contributed by atoms with van der Waals surface area (Å²) < 4.78 is 0. The first-order valence-electron chi connectivity index (χ1n) is 9.50. The van der Waals surface area contributed by atoms with Gasteiger partial charge < -0.3 is 15.5 Å². The summed E-state index contributed by atoms with van der Waals surface area (Å²) in [5, 5.41) is 6.28. The van der Waals surface area contributed by atoms with Crippen molar-refractivity contribution in [1.82, 2.24) is 10.2 Å². The molecule has 1 amide bonds. The third kappa shape index (κ3) is 6.51. The van der Waals surface area contributed by atoms with Crippen LogP contribution in [0.5, 0.6) is 0 Å². The fraction of sp³-hybridized carbons (Fsp3) is 0.364. The highest BCUT2D eigenvalue weighted by atomic mass is 127. The van der Waals surface area contributed by atoms with Crippen molar-refractivity contribution in [2.45, 2.75) is 26.3 Å². The molecule has 2 aromatic rings. The predicted octanol–water partition coefficient (Wildman–Crippen LogP) is 3.90. The number of hydrogen-bond donors (Lipinski definition) is 2. The van der Waals surface area contributed by atoms with E-state index in [1.165, 1.54) is 18.9 Å². The van der Waals surface area contributed by atoms with Crippen LogP contribution in [0.25, 0.3) is 0 Å². The summed E-state index contributed by atoms with van der Waals surface area (Å²) in [5.74, 6) is 1.54. The Kier molecular flexibility index (Phi) is 8.76. The van der Waals surface area contributed by atoms with Gasteiger partial charge >= 0.3 is 0 Å². The van der Waals surface area contributed by atoms with Crippen molar-refractivity contribution in [2.75, 3.05) is 25.5 Å². The highest BCUT2D eigenvalue weighted by molar-refractivity contribution is 14.0. The predicted molar refractivity (Wildman–Crippen MR) is 126 cm³/mol. The summed E-state index contributed by atoms with van der Waals surface area (Å²) in [6.45, 7) is 4.26. The zero-order chi connectivity index (χ0) is 19.1. The molecular weight excluding hydrogens is 463 g/mol. The van der Waals surface area contributed by atoms with Crippen LogP contribution in [-0.2, 0) is 17.8 Å². The zero-order valence-electron chi connectivity index (χ0n) is 16.5. The van der Waals surface area contributed by atoms with Gasteiger partial charge in [0, 0.05) is 39.3 Å². The monoisotopic (exact) mass is 492 g/mol. The van der Waals surface area contributed by atoms with Crippen molar-refractivity contribution in [3.63, 3.8) is 0 Å². The second-order valence-electron chi connectivity index (χ2n) is 7.07. The number of guanidine groups is 1. The van der Waals surface area contributed by atoms with Gasteiger partial charge in [0.2, 0.25) is 5.91 Å². The van der Waals surface area contributed by atoms with Crippen LogP contribution in [0.4, 0.5) is 5.69 Å². The molecule has 2 aromatic carbocycles. The number of carbonyl (C=O) groups is 1. The molecule has 0 radical (unpaired) electrons. The molecule has 0 saturated carbocycles. The average molecular weight is 492 g/mol. The molecule has 0 spiro atoms. The minimum atomic E-state index is -0.0579. The van der Waals surface area contributed by atoms with Gasteiger partial charge in [-0.05, 0) is 42.0 Å². The van der Waals surface area contributed by atoms with Gasteiger partial charge in [0.05, 0.1) is 0 Å². The smallest absolute Gasteiger partial charge is 0.221 e. The van der Waals surface area contributed by atoms with Crippen LogP contribution in [0.1, 0.15) is 24.5 Å². The van der Waals surface area contributed by atoms with E-state index in [4.69, 9.17) is 0 Å². The summed E-state index contributed by atoms with van der Waals surface area (Å²) in [6.07, 6.45) is 2.31. The van der Waals surface area contributed by atoms with Gasteiger partial charge in [-0.1, -0.05) is 42.5 Å². The molecule has 1 atom stereocenters. The number of carbonyl (C=O) groups excluding carboxylic acids is 1. The normalized spacial score (nSPS) is 16.4. The molecule has 5 nitrogen and oxygen atoms in total. The van der Waals surface area contributed by atoms with E-state index in [1.807, 2.05) is 31.3 Å². The lowest BCUT2D eigenvalue weighted by Crippen LogP contribution is -2.39. The Hall–Kier alpha value is -2.09. The largest absolute Gasteiger partial charge is 0.352 e. The van der Waals surface area contributed by atoms with E-state index in [1.54, 1.807) is 0 Å². The third-order valence-electron chi connectivity index (χ3n) is 4.86. The van der Waals surface area contributed by atoms with Crippen LogP contribution in [0.15, 0.2) is 59.6 Å². The molecule has 150 valence electrons. The third-order valence-corrected chi connectivity index (χ3v) is 4.86. The molecule has 28 heavy (non-hydrogen) atoms. The highest BCUT2D eigenvalue weighted by Gasteiger charge is 2.24. The Bertz CT molecular complexity index is 794. The van der Waals surface area contributed by atoms with Crippen LogP contribution < -0.4 is 10.6 Å². The molecule has 3 rings (SSSR count). The molecule has 1 heterocycles. The lowest BCUT2D eigenvalue weighted by atomic mass is 9.99. The van der Waals surface area contributed by atoms with E-state index in [-0.39, 0.29) is 29.9 Å². The number of likely N-dealkylation sites (tertiary alicyclic amines) is 1. The number of rotatable bonds is 5. The lowest BCUT2D eigenvalue weighted by Gasteiger charge is -2.22. The molecule has 2 N–H and O–H groups in total. The quantitative estimate of drug-likeness (QED) is 0.378. The van der Waals surface area contributed by atoms with Gasteiger partial charge in [-0.2, -0.15) is 0 Å².